The van der Waals surface area contributed by atoms with Crippen LogP contribution in [0.1, 0.15) is 12.5 Å². The van der Waals surface area contributed by atoms with Gasteiger partial charge in [-0.25, -0.2) is 12.1 Å². The van der Waals surface area contributed by atoms with Gasteiger partial charge in [-0.1, -0.05) is 13.3 Å². The molecular weight excluding hydrogens is 135 g/mol. The zero-order valence-electron chi connectivity index (χ0n) is 4.96. The molecule has 0 atom stereocenters. The van der Waals surface area contributed by atoms with Crippen LogP contribution in [0, 0.1) is 0 Å². The van der Waals surface area contributed by atoms with E-state index in [1.165, 1.54) is 5.56 Å². The largest absolute Gasteiger partial charge is 0.213 e. The first kappa shape index (κ1) is 7.93. The predicted molar refractivity (Wildman–Crippen MR) is 31.4 cm³/mol. The van der Waals surface area contributed by atoms with Gasteiger partial charge in [0, 0.05) is 18.6 Å². The minimum atomic E-state index is 0. The van der Waals surface area contributed by atoms with E-state index in [1.54, 1.807) is 0 Å². The van der Waals surface area contributed by atoms with Crippen molar-refractivity contribution in [3.63, 3.8) is 0 Å². The van der Waals surface area contributed by atoms with Crippen LogP contribution >= 0.6 is 0 Å². The molecule has 8 heavy (non-hydrogen) atoms. The Balaban J connectivity index is 0.000000490. The maximum absolute atomic E-state index is 2.16. The fraction of sp³-hybridized carbons (Fsp3) is 0.286. The Kier molecular flexibility index (Phi) is 3.85. The molecule has 0 N–H and O–H groups in total. The van der Waals surface area contributed by atoms with Gasteiger partial charge in [-0.05, 0) is 0 Å². The minimum absolute atomic E-state index is 0. The molecule has 0 aliphatic heterocycles. The Morgan fingerprint density at radius 2 is 1.75 bits per heavy atom. The molecule has 0 spiro atoms. The molecule has 0 aliphatic carbocycles. The first-order valence-electron chi connectivity index (χ1n) is 2.64. The molecule has 0 aliphatic rings. The van der Waals surface area contributed by atoms with Crippen LogP contribution in [0.15, 0.2) is 24.3 Å². The van der Waals surface area contributed by atoms with Gasteiger partial charge < -0.3 is 0 Å². The maximum Gasteiger partial charge on any atom is 0 e. The van der Waals surface area contributed by atoms with Gasteiger partial charge in [0.2, 0.25) is 0 Å². The van der Waals surface area contributed by atoms with E-state index in [0.717, 1.165) is 6.42 Å². The fourth-order valence-electron chi connectivity index (χ4n) is 0.650. The summed E-state index contributed by atoms with van der Waals surface area (Å²) in [7, 11) is 0. The van der Waals surface area contributed by atoms with Gasteiger partial charge in [-0.3, -0.25) is 0 Å². The van der Waals surface area contributed by atoms with Gasteiger partial charge >= 0.3 is 0 Å². The van der Waals surface area contributed by atoms with Crippen LogP contribution in [0.3, 0.4) is 0 Å². The third kappa shape index (κ3) is 1.81. The summed E-state index contributed by atoms with van der Waals surface area (Å²) in [5.74, 6) is 0. The van der Waals surface area contributed by atoms with Crippen LogP contribution in [0.5, 0.6) is 0 Å². The van der Waals surface area contributed by atoms with Crippen molar-refractivity contribution in [1.29, 1.82) is 0 Å². The van der Waals surface area contributed by atoms with Crippen LogP contribution in [-0.4, -0.2) is 0 Å². The van der Waals surface area contributed by atoms with Crippen LogP contribution in [0.25, 0.3) is 0 Å². The van der Waals surface area contributed by atoms with Crippen LogP contribution in [0.2, 0.25) is 0 Å². The Morgan fingerprint density at radius 1 is 1.25 bits per heavy atom. The second-order valence-electron chi connectivity index (χ2n) is 1.65. The third-order valence-corrected chi connectivity index (χ3v) is 1.14. The maximum atomic E-state index is 2.16. The molecule has 1 heteroatoms. The van der Waals surface area contributed by atoms with E-state index in [9.17, 15) is 0 Å². The van der Waals surface area contributed by atoms with Crippen molar-refractivity contribution in [3.05, 3.63) is 29.8 Å². The Hall–Kier alpha value is -0.0656. The summed E-state index contributed by atoms with van der Waals surface area (Å²) in [6.45, 7) is 2.16. The van der Waals surface area contributed by atoms with Crippen LogP contribution < -0.4 is 0 Å². The molecule has 0 nitrogen and oxygen atoms in total. The normalized spacial score (nSPS) is 8.12. The zero-order chi connectivity index (χ0) is 5.11. The van der Waals surface area contributed by atoms with E-state index in [1.807, 2.05) is 0 Å². The van der Waals surface area contributed by atoms with Gasteiger partial charge in [0.25, 0.3) is 0 Å². The second kappa shape index (κ2) is 3.88. The molecule has 0 saturated carbocycles. The summed E-state index contributed by atoms with van der Waals surface area (Å²) >= 11 is 0. The molecule has 0 amide bonds. The van der Waals surface area contributed by atoms with Crippen LogP contribution in [-0.2, 0) is 25.0 Å². The Morgan fingerprint density at radius 3 is 2.00 bits per heavy atom. The molecule has 1 aromatic carbocycles. The molecule has 0 unspecified atom stereocenters. The summed E-state index contributed by atoms with van der Waals surface area (Å²) in [5.41, 5.74) is 1.43. The predicted octanol–water partition coefficient (Wildman–Crippen LogP) is 1.97. The molecule has 0 saturated heterocycles. The van der Waals surface area contributed by atoms with Crippen molar-refractivity contribution in [2.24, 2.45) is 0 Å². The number of rotatable bonds is 1. The van der Waals surface area contributed by atoms with E-state index in [2.05, 4.69) is 31.2 Å². The molecular formula is C7H9V-. The molecule has 0 heterocycles. The summed E-state index contributed by atoms with van der Waals surface area (Å²) in [5, 5.41) is 0. The average molecular weight is 144 g/mol. The third-order valence-electron chi connectivity index (χ3n) is 1.14. The summed E-state index contributed by atoms with van der Waals surface area (Å²) in [4.78, 5) is 0. The SMILES string of the molecule is CC[c-]1cccc1.[V]. The van der Waals surface area contributed by atoms with E-state index < -0.39 is 0 Å². The topological polar surface area (TPSA) is 0 Å². The Bertz CT molecular complexity index is 119. The van der Waals surface area contributed by atoms with Crippen molar-refractivity contribution in [3.8, 4) is 0 Å². The van der Waals surface area contributed by atoms with Crippen molar-refractivity contribution < 1.29 is 18.6 Å². The van der Waals surface area contributed by atoms with E-state index in [4.69, 9.17) is 0 Å². The summed E-state index contributed by atoms with van der Waals surface area (Å²) < 4.78 is 0. The van der Waals surface area contributed by atoms with Crippen molar-refractivity contribution >= 4 is 0 Å². The van der Waals surface area contributed by atoms with Gasteiger partial charge in [-0.15, -0.1) is 0 Å². The summed E-state index contributed by atoms with van der Waals surface area (Å²) in [6.07, 6.45) is 1.16. The second-order valence-corrected chi connectivity index (χ2v) is 1.65. The molecule has 1 radical (unpaired) electrons. The molecule has 0 bridgehead atoms. The van der Waals surface area contributed by atoms with E-state index in [-0.39, 0.29) is 18.6 Å². The van der Waals surface area contributed by atoms with Gasteiger partial charge in [-0.2, -0.15) is 17.7 Å². The minimum Gasteiger partial charge on any atom is -0.213 e. The number of aryl methyl sites for hydroxylation is 1. The average Bonchev–Trinajstić information content (AvgIpc) is 2.14. The molecule has 0 fully saturated rings. The first-order valence-corrected chi connectivity index (χ1v) is 2.64. The molecule has 0 aromatic heterocycles. The standard InChI is InChI=1S/C7H9.V/c1-2-7-5-3-4-6-7;/h3-6H,2H2,1H3;/q-1;. The Labute approximate surface area is 62.2 Å². The van der Waals surface area contributed by atoms with Crippen LogP contribution in [0.4, 0.5) is 0 Å². The smallest absolute Gasteiger partial charge is 0 e. The van der Waals surface area contributed by atoms with Crippen molar-refractivity contribution in [1.82, 2.24) is 0 Å². The van der Waals surface area contributed by atoms with Crippen molar-refractivity contribution in [2.75, 3.05) is 0 Å². The monoisotopic (exact) mass is 144 g/mol. The molecule has 43 valence electrons. The van der Waals surface area contributed by atoms with E-state index >= 15 is 0 Å². The van der Waals surface area contributed by atoms with Gasteiger partial charge in [0.15, 0.2) is 0 Å². The van der Waals surface area contributed by atoms with E-state index in [0.29, 0.717) is 0 Å². The van der Waals surface area contributed by atoms with Gasteiger partial charge in [0.1, 0.15) is 0 Å². The van der Waals surface area contributed by atoms with Gasteiger partial charge in [0.05, 0.1) is 0 Å². The first-order chi connectivity index (χ1) is 3.43. The fourth-order valence-corrected chi connectivity index (χ4v) is 0.650. The summed E-state index contributed by atoms with van der Waals surface area (Å²) in [6, 6.07) is 8.41. The number of hydrogen-bond acceptors (Lipinski definition) is 0. The molecule has 1 aromatic rings. The number of hydrogen-bond donors (Lipinski definition) is 0. The van der Waals surface area contributed by atoms with Crippen molar-refractivity contribution in [2.45, 2.75) is 13.3 Å². The zero-order valence-corrected chi connectivity index (χ0v) is 6.36. The quantitative estimate of drug-likeness (QED) is 0.528. The molecule has 1 rings (SSSR count).